The van der Waals surface area contributed by atoms with Gasteiger partial charge in [-0.3, -0.25) is 0 Å². The number of nitrogens with one attached hydrogen (secondary N) is 3. The van der Waals surface area contributed by atoms with E-state index >= 15 is 0 Å². The Morgan fingerprint density at radius 2 is 1.79 bits per heavy atom. The van der Waals surface area contributed by atoms with Gasteiger partial charge in [0.15, 0.2) is 0 Å². The minimum atomic E-state index is 0.0568. The van der Waals surface area contributed by atoms with E-state index in [1.165, 1.54) is 0 Å². The lowest BCUT2D eigenvalue weighted by molar-refractivity contribution is 0.280. The molecule has 0 spiro atoms. The molecule has 0 saturated heterocycles. The highest BCUT2D eigenvalue weighted by Crippen LogP contribution is 2.35. The van der Waals surface area contributed by atoms with E-state index in [-0.39, 0.29) is 12.5 Å². The summed E-state index contributed by atoms with van der Waals surface area (Å²) in [5.74, 6) is 0.137. The molecule has 0 fully saturated rings. The van der Waals surface area contributed by atoms with E-state index in [2.05, 4.69) is 28.1 Å². The Morgan fingerprint density at radius 1 is 1.05 bits per heavy atom. The third-order valence-electron chi connectivity index (χ3n) is 3.53. The molecule has 1 aromatic carbocycles. The first-order chi connectivity index (χ1) is 9.26. The van der Waals surface area contributed by atoms with E-state index in [1.807, 2.05) is 39.3 Å². The van der Waals surface area contributed by atoms with Crippen molar-refractivity contribution in [2.45, 2.75) is 12.5 Å². The molecule has 1 unspecified atom stereocenters. The average Bonchev–Trinajstić information content (AvgIpc) is 2.84. The predicted octanol–water partition coefficient (Wildman–Crippen LogP) is 1.03. The molecule has 102 valence electrons. The summed E-state index contributed by atoms with van der Waals surface area (Å²) in [6.45, 7) is 0.0568. The fraction of sp³-hybridized carbons (Fsp3) is 0.333. The molecular formula is C15H21N3O. The normalized spacial score (nSPS) is 18.3. The topological polar surface area (TPSA) is 56.3 Å². The van der Waals surface area contributed by atoms with Gasteiger partial charge >= 0.3 is 0 Å². The maximum atomic E-state index is 9.50. The van der Waals surface area contributed by atoms with Gasteiger partial charge in [-0.15, -0.1) is 0 Å². The van der Waals surface area contributed by atoms with Crippen LogP contribution in [0.1, 0.15) is 17.0 Å². The van der Waals surface area contributed by atoms with Gasteiger partial charge in [0.1, 0.15) is 0 Å². The fourth-order valence-corrected chi connectivity index (χ4v) is 2.62. The van der Waals surface area contributed by atoms with Crippen LogP contribution in [0.5, 0.6) is 0 Å². The standard InChI is InChI=1S/C15H21N3O/c1-16-13-8-12(14(17-2)15(13)18-3)11-7-5-4-6-10(11)9-19/h4-8,12,16-19H,9H2,1-3H3. The van der Waals surface area contributed by atoms with Crippen LogP contribution in [0.4, 0.5) is 0 Å². The van der Waals surface area contributed by atoms with Crippen molar-refractivity contribution in [3.8, 4) is 0 Å². The number of aliphatic hydroxyl groups is 1. The molecule has 4 heteroatoms. The van der Waals surface area contributed by atoms with Gasteiger partial charge in [0.25, 0.3) is 0 Å². The lowest BCUT2D eigenvalue weighted by Gasteiger charge is -2.18. The molecule has 4 nitrogen and oxygen atoms in total. The van der Waals surface area contributed by atoms with E-state index in [1.54, 1.807) is 0 Å². The molecule has 19 heavy (non-hydrogen) atoms. The minimum absolute atomic E-state index is 0.0568. The van der Waals surface area contributed by atoms with Crippen LogP contribution in [0.25, 0.3) is 0 Å². The lowest BCUT2D eigenvalue weighted by Crippen LogP contribution is -2.21. The number of allylic oxidation sites excluding steroid dienone is 1. The highest BCUT2D eigenvalue weighted by atomic mass is 16.3. The van der Waals surface area contributed by atoms with Crippen LogP contribution in [0.15, 0.2) is 47.4 Å². The second-order valence-electron chi connectivity index (χ2n) is 4.45. The van der Waals surface area contributed by atoms with Crippen molar-refractivity contribution >= 4 is 0 Å². The summed E-state index contributed by atoms with van der Waals surface area (Å²) in [7, 11) is 5.75. The number of rotatable bonds is 5. The molecule has 0 aliphatic heterocycles. The van der Waals surface area contributed by atoms with Crippen molar-refractivity contribution in [1.82, 2.24) is 16.0 Å². The molecular weight excluding hydrogens is 238 g/mol. The average molecular weight is 259 g/mol. The Hall–Kier alpha value is -1.94. The Bertz CT molecular complexity index is 520. The summed E-state index contributed by atoms with van der Waals surface area (Å²) >= 11 is 0. The largest absolute Gasteiger partial charge is 0.392 e. The van der Waals surface area contributed by atoms with Crippen molar-refractivity contribution in [3.05, 3.63) is 58.6 Å². The van der Waals surface area contributed by atoms with Gasteiger partial charge in [0, 0.05) is 32.8 Å². The molecule has 0 aromatic heterocycles. The molecule has 2 rings (SSSR count). The third kappa shape index (κ3) is 2.31. The van der Waals surface area contributed by atoms with E-state index in [9.17, 15) is 5.11 Å². The molecule has 1 aromatic rings. The van der Waals surface area contributed by atoms with Crippen molar-refractivity contribution < 1.29 is 5.11 Å². The summed E-state index contributed by atoms with van der Waals surface area (Å²) in [6.07, 6.45) is 2.17. The van der Waals surface area contributed by atoms with Crippen LogP contribution in [-0.4, -0.2) is 26.2 Å². The van der Waals surface area contributed by atoms with E-state index in [4.69, 9.17) is 0 Å². The maximum absolute atomic E-state index is 9.50. The predicted molar refractivity (Wildman–Crippen MR) is 77.4 cm³/mol. The minimum Gasteiger partial charge on any atom is -0.392 e. The molecule has 0 heterocycles. The first kappa shape index (κ1) is 13.5. The molecule has 1 aliphatic carbocycles. The van der Waals surface area contributed by atoms with Crippen LogP contribution >= 0.6 is 0 Å². The smallest absolute Gasteiger partial charge is 0.0772 e. The van der Waals surface area contributed by atoms with E-state index in [0.717, 1.165) is 28.2 Å². The molecule has 1 aliphatic rings. The van der Waals surface area contributed by atoms with Gasteiger partial charge in [-0.25, -0.2) is 0 Å². The summed E-state index contributed by atoms with van der Waals surface area (Å²) in [6, 6.07) is 7.99. The van der Waals surface area contributed by atoms with Crippen LogP contribution in [-0.2, 0) is 6.61 Å². The number of hydrogen-bond donors (Lipinski definition) is 4. The summed E-state index contributed by atoms with van der Waals surface area (Å²) in [5.41, 5.74) is 5.36. The Kier molecular flexibility index (Phi) is 4.12. The van der Waals surface area contributed by atoms with E-state index in [0.29, 0.717) is 0 Å². The zero-order valence-electron chi connectivity index (χ0n) is 11.6. The first-order valence-electron chi connectivity index (χ1n) is 6.45. The number of likely N-dealkylation sites (N-methyl/N-ethyl adjacent to an activating group) is 3. The quantitative estimate of drug-likeness (QED) is 0.638. The number of aliphatic hydroxyl groups excluding tert-OH is 1. The third-order valence-corrected chi connectivity index (χ3v) is 3.53. The molecule has 0 saturated carbocycles. The van der Waals surface area contributed by atoms with Gasteiger partial charge < -0.3 is 21.1 Å². The second-order valence-corrected chi connectivity index (χ2v) is 4.45. The monoisotopic (exact) mass is 259 g/mol. The van der Waals surface area contributed by atoms with Crippen LogP contribution in [0, 0.1) is 0 Å². The van der Waals surface area contributed by atoms with Crippen LogP contribution < -0.4 is 16.0 Å². The summed E-state index contributed by atoms with van der Waals surface area (Å²) < 4.78 is 0. The Morgan fingerprint density at radius 3 is 2.37 bits per heavy atom. The zero-order valence-corrected chi connectivity index (χ0v) is 11.6. The van der Waals surface area contributed by atoms with Crippen LogP contribution in [0.2, 0.25) is 0 Å². The molecule has 4 N–H and O–H groups in total. The highest BCUT2D eigenvalue weighted by molar-refractivity contribution is 5.51. The molecule has 0 bridgehead atoms. The van der Waals surface area contributed by atoms with E-state index < -0.39 is 0 Å². The van der Waals surface area contributed by atoms with Gasteiger partial charge in [-0.1, -0.05) is 24.3 Å². The number of hydrogen-bond acceptors (Lipinski definition) is 4. The highest BCUT2D eigenvalue weighted by Gasteiger charge is 2.27. The van der Waals surface area contributed by atoms with Crippen molar-refractivity contribution in [1.29, 1.82) is 0 Å². The summed E-state index contributed by atoms with van der Waals surface area (Å²) in [4.78, 5) is 0. The van der Waals surface area contributed by atoms with Crippen molar-refractivity contribution in [2.75, 3.05) is 21.1 Å². The number of benzene rings is 1. The van der Waals surface area contributed by atoms with Crippen molar-refractivity contribution in [2.24, 2.45) is 0 Å². The van der Waals surface area contributed by atoms with Gasteiger partial charge in [0.2, 0.25) is 0 Å². The Labute approximate surface area is 114 Å². The molecule has 0 radical (unpaired) electrons. The van der Waals surface area contributed by atoms with Gasteiger partial charge in [0.05, 0.1) is 18.0 Å². The fourth-order valence-electron chi connectivity index (χ4n) is 2.62. The zero-order chi connectivity index (χ0) is 13.8. The SMILES string of the molecule is CNC1=CC(c2ccccc2CO)C(NC)=C1NC. The van der Waals surface area contributed by atoms with Crippen molar-refractivity contribution in [3.63, 3.8) is 0 Å². The second kappa shape index (κ2) is 5.80. The van der Waals surface area contributed by atoms with Gasteiger partial charge in [-0.05, 0) is 17.2 Å². The molecule has 1 atom stereocenters. The maximum Gasteiger partial charge on any atom is 0.0772 e. The van der Waals surface area contributed by atoms with Gasteiger partial charge in [-0.2, -0.15) is 0 Å². The first-order valence-corrected chi connectivity index (χ1v) is 6.45. The lowest BCUT2D eigenvalue weighted by atomic mass is 9.93. The molecule has 0 amide bonds. The van der Waals surface area contributed by atoms with Crippen LogP contribution in [0.3, 0.4) is 0 Å². The summed E-state index contributed by atoms with van der Waals surface area (Å²) in [5, 5.41) is 19.2. The Balaban J connectivity index is 2.50.